The third-order valence-corrected chi connectivity index (χ3v) is 6.71. The molecule has 3 amide bonds. The van der Waals surface area contributed by atoms with Gasteiger partial charge in [0.2, 0.25) is 27.7 Å². The van der Waals surface area contributed by atoms with Crippen LogP contribution in [0.3, 0.4) is 0 Å². The van der Waals surface area contributed by atoms with E-state index in [0.717, 1.165) is 6.42 Å². The fourth-order valence-corrected chi connectivity index (χ4v) is 5.05. The minimum Gasteiger partial charge on any atom is -0.353 e. The molecule has 1 aromatic carbocycles. The van der Waals surface area contributed by atoms with Gasteiger partial charge < -0.3 is 20.9 Å². The van der Waals surface area contributed by atoms with Crippen molar-refractivity contribution >= 4 is 33.4 Å². The van der Waals surface area contributed by atoms with Crippen LogP contribution < -0.4 is 20.7 Å². The predicted molar refractivity (Wildman–Crippen MR) is 106 cm³/mol. The highest BCUT2D eigenvalue weighted by atomic mass is 32.2. The molecule has 0 bridgehead atoms. The van der Waals surface area contributed by atoms with E-state index in [1.54, 1.807) is 24.0 Å². The van der Waals surface area contributed by atoms with E-state index in [9.17, 15) is 22.8 Å². The number of rotatable bonds is 6. The molecule has 2 saturated heterocycles. The normalized spacial score (nSPS) is 18.7. The van der Waals surface area contributed by atoms with Gasteiger partial charge in [0.25, 0.3) is 0 Å². The Morgan fingerprint density at radius 1 is 1.31 bits per heavy atom. The quantitative estimate of drug-likeness (QED) is 0.518. The number of carbonyl (C=O) groups is 3. The summed E-state index contributed by atoms with van der Waals surface area (Å²) in [6, 6.07) is 3.50. The van der Waals surface area contributed by atoms with Crippen molar-refractivity contribution in [3.63, 3.8) is 0 Å². The van der Waals surface area contributed by atoms with E-state index in [4.69, 9.17) is 5.73 Å². The van der Waals surface area contributed by atoms with Crippen molar-refractivity contribution in [3.8, 4) is 0 Å². The molecule has 158 valence electrons. The first-order chi connectivity index (χ1) is 13.7. The van der Waals surface area contributed by atoms with Crippen LogP contribution >= 0.6 is 0 Å². The zero-order chi connectivity index (χ0) is 21.2. The Hall–Kier alpha value is -2.50. The minimum absolute atomic E-state index is 0.0164. The van der Waals surface area contributed by atoms with Crippen LogP contribution in [0.2, 0.25) is 0 Å². The Labute approximate surface area is 169 Å². The number of sulfonamides is 1. The Bertz CT molecular complexity index is 933. The number of benzene rings is 1. The number of piperazine rings is 1. The summed E-state index contributed by atoms with van der Waals surface area (Å²) in [5.41, 5.74) is 6.63. The highest BCUT2D eigenvalue weighted by Crippen LogP contribution is 2.29. The molecule has 0 saturated carbocycles. The van der Waals surface area contributed by atoms with Gasteiger partial charge >= 0.3 is 0 Å². The first-order valence-electron chi connectivity index (χ1n) is 9.42. The van der Waals surface area contributed by atoms with Crippen LogP contribution in [0.15, 0.2) is 23.1 Å². The lowest BCUT2D eigenvalue weighted by Crippen LogP contribution is -2.57. The van der Waals surface area contributed by atoms with Crippen LogP contribution in [0, 0.1) is 6.92 Å². The van der Waals surface area contributed by atoms with Crippen molar-refractivity contribution in [1.29, 1.82) is 0 Å². The Kier molecular flexibility index (Phi) is 6.20. The van der Waals surface area contributed by atoms with Gasteiger partial charge in [-0.15, -0.1) is 0 Å². The Morgan fingerprint density at radius 2 is 2.07 bits per heavy atom. The van der Waals surface area contributed by atoms with Crippen molar-refractivity contribution in [2.75, 3.05) is 37.6 Å². The van der Waals surface area contributed by atoms with Crippen LogP contribution in [0.25, 0.3) is 0 Å². The van der Waals surface area contributed by atoms with Gasteiger partial charge in [0.05, 0.1) is 11.4 Å². The molecular formula is C18H25N5O5S. The van der Waals surface area contributed by atoms with Gasteiger partial charge in [-0.1, -0.05) is 6.07 Å². The summed E-state index contributed by atoms with van der Waals surface area (Å²) < 4.78 is 28.4. The van der Waals surface area contributed by atoms with Gasteiger partial charge in [-0.3, -0.25) is 14.4 Å². The van der Waals surface area contributed by atoms with Crippen LogP contribution in [-0.2, 0) is 24.4 Å². The molecular weight excluding hydrogens is 398 g/mol. The number of nitrogens with one attached hydrogen (secondary N) is 2. The summed E-state index contributed by atoms with van der Waals surface area (Å²) >= 11 is 0. The molecule has 0 aromatic heterocycles. The van der Waals surface area contributed by atoms with E-state index >= 15 is 0 Å². The zero-order valence-corrected chi connectivity index (χ0v) is 17.0. The van der Waals surface area contributed by atoms with Gasteiger partial charge in [0.1, 0.15) is 6.04 Å². The molecule has 3 rings (SSSR count). The number of nitrogens with two attached hydrogens (primary N) is 1. The number of nitrogens with zero attached hydrogens (tertiary/aromatic N) is 2. The molecule has 2 heterocycles. The first kappa shape index (κ1) is 21.2. The average Bonchev–Trinajstić information content (AvgIpc) is 3.11. The van der Waals surface area contributed by atoms with Crippen molar-refractivity contribution in [2.24, 2.45) is 5.73 Å². The number of amides is 3. The summed E-state index contributed by atoms with van der Waals surface area (Å²) in [6.07, 6.45) is 1.16. The van der Waals surface area contributed by atoms with Gasteiger partial charge in [-0.25, -0.2) is 8.42 Å². The molecule has 0 unspecified atom stereocenters. The smallest absolute Gasteiger partial charge is 0.242 e. The van der Waals surface area contributed by atoms with E-state index in [-0.39, 0.29) is 36.3 Å². The van der Waals surface area contributed by atoms with E-state index in [2.05, 4.69) is 10.0 Å². The second-order valence-corrected chi connectivity index (χ2v) is 8.75. The van der Waals surface area contributed by atoms with Gasteiger partial charge in [-0.05, 0) is 31.0 Å². The Morgan fingerprint density at radius 3 is 2.69 bits per heavy atom. The molecule has 29 heavy (non-hydrogen) atoms. The molecule has 2 aliphatic heterocycles. The first-order valence-corrected chi connectivity index (χ1v) is 10.9. The van der Waals surface area contributed by atoms with Crippen LogP contribution in [0.1, 0.15) is 18.4 Å². The monoisotopic (exact) mass is 423 g/mol. The summed E-state index contributed by atoms with van der Waals surface area (Å²) in [4.78, 5) is 39.1. The minimum atomic E-state index is -4.09. The zero-order valence-electron chi connectivity index (χ0n) is 16.2. The number of hydrogen-bond acceptors (Lipinski definition) is 6. The molecule has 4 N–H and O–H groups in total. The molecule has 2 aliphatic rings. The van der Waals surface area contributed by atoms with Crippen LogP contribution in [0.4, 0.5) is 5.69 Å². The molecule has 11 heteroatoms. The summed E-state index contributed by atoms with van der Waals surface area (Å²) in [5, 5.41) is 2.61. The molecule has 0 spiro atoms. The lowest BCUT2D eigenvalue weighted by atomic mass is 10.2. The van der Waals surface area contributed by atoms with Crippen molar-refractivity contribution < 1.29 is 22.8 Å². The van der Waals surface area contributed by atoms with E-state index in [1.165, 1.54) is 11.0 Å². The largest absolute Gasteiger partial charge is 0.353 e. The highest BCUT2D eigenvalue weighted by Gasteiger charge is 2.32. The molecule has 10 nitrogen and oxygen atoms in total. The third kappa shape index (κ3) is 4.41. The molecule has 2 fully saturated rings. The van der Waals surface area contributed by atoms with Crippen molar-refractivity contribution in [3.05, 3.63) is 23.8 Å². The average molecular weight is 423 g/mol. The molecule has 0 aliphatic carbocycles. The van der Waals surface area contributed by atoms with Crippen LogP contribution in [-0.4, -0.2) is 69.8 Å². The standard InChI is InChI=1S/C18H25N5O5S/c1-12-14(23-8-3-6-17(23)25)4-2-5-15(12)29(27,28)21-13(10-19)18(26)22-9-7-20-16(24)11-22/h2,4-5,13,21H,3,6-11,19H2,1H3,(H,20,24)/t13-/m0/s1. The summed E-state index contributed by atoms with van der Waals surface area (Å²) in [5.74, 6) is -0.898. The second kappa shape index (κ2) is 8.47. The maximum absolute atomic E-state index is 13.0. The maximum Gasteiger partial charge on any atom is 0.242 e. The predicted octanol–water partition coefficient (Wildman–Crippen LogP) is -1.31. The summed E-state index contributed by atoms with van der Waals surface area (Å²) in [7, 11) is -4.09. The van der Waals surface area contributed by atoms with E-state index in [1.807, 2.05) is 0 Å². The highest BCUT2D eigenvalue weighted by molar-refractivity contribution is 7.89. The van der Waals surface area contributed by atoms with E-state index < -0.39 is 22.0 Å². The third-order valence-electron chi connectivity index (χ3n) is 5.09. The van der Waals surface area contributed by atoms with E-state index in [0.29, 0.717) is 30.8 Å². The fourth-order valence-electron chi connectivity index (χ4n) is 3.59. The summed E-state index contributed by atoms with van der Waals surface area (Å²) in [6.45, 7) is 2.37. The molecule has 1 atom stereocenters. The van der Waals surface area contributed by atoms with Gasteiger partial charge in [-0.2, -0.15) is 4.72 Å². The lowest BCUT2D eigenvalue weighted by Gasteiger charge is -2.30. The lowest BCUT2D eigenvalue weighted by molar-refractivity contribution is -0.139. The van der Waals surface area contributed by atoms with Gasteiger partial charge in [0.15, 0.2) is 0 Å². The SMILES string of the molecule is Cc1c(N2CCCC2=O)cccc1S(=O)(=O)N[C@@H](CN)C(=O)N1CCNC(=O)C1. The molecule has 0 radical (unpaired) electrons. The number of carbonyl (C=O) groups excluding carboxylic acids is 3. The topological polar surface area (TPSA) is 142 Å². The second-order valence-electron chi connectivity index (χ2n) is 7.07. The molecule has 1 aromatic rings. The van der Waals surface area contributed by atoms with Crippen molar-refractivity contribution in [2.45, 2.75) is 30.7 Å². The van der Waals surface area contributed by atoms with Gasteiger partial charge in [0, 0.05) is 38.3 Å². The Balaban J connectivity index is 1.83. The number of hydrogen-bond donors (Lipinski definition) is 3. The fraction of sp³-hybridized carbons (Fsp3) is 0.500. The maximum atomic E-state index is 13.0. The number of anilines is 1. The van der Waals surface area contributed by atoms with Crippen molar-refractivity contribution in [1.82, 2.24) is 14.9 Å². The van der Waals surface area contributed by atoms with Crippen LogP contribution in [0.5, 0.6) is 0 Å².